The monoisotopic (exact) mass is 234 g/mol. The molecule has 4 heteroatoms. The largest absolute Gasteiger partial charge is 0.377 e. The second-order valence-corrected chi connectivity index (χ2v) is 4.67. The van der Waals surface area contributed by atoms with E-state index in [2.05, 4.69) is 23.6 Å². The summed E-state index contributed by atoms with van der Waals surface area (Å²) in [6, 6.07) is 0. The number of hydrogen-bond donors (Lipinski definition) is 0. The third-order valence-corrected chi connectivity index (χ3v) is 2.89. The molecule has 1 rings (SSSR count). The van der Waals surface area contributed by atoms with Crippen LogP contribution in [0.4, 0.5) is 0 Å². The Morgan fingerprint density at radius 3 is 2.07 bits per heavy atom. The van der Waals surface area contributed by atoms with Crippen LogP contribution in [0.15, 0.2) is 0 Å². The Balaban J connectivity index is 2.04. The topological polar surface area (TPSA) is 15.7 Å². The molecular weight excluding hydrogens is 212 g/mol. The number of alkyl halides is 1. The first-order valence-electron chi connectivity index (χ1n) is 5.84. The highest BCUT2D eigenvalue weighted by molar-refractivity contribution is 6.18. The van der Waals surface area contributed by atoms with Crippen molar-refractivity contribution in [1.29, 1.82) is 0 Å². The highest BCUT2D eigenvalue weighted by Crippen LogP contribution is 2.01. The molecule has 1 saturated heterocycles. The molecule has 0 aromatic carbocycles. The molecule has 15 heavy (non-hydrogen) atoms. The van der Waals surface area contributed by atoms with Crippen LogP contribution in [0.2, 0.25) is 0 Å². The Labute approximate surface area is 98.3 Å². The predicted octanol–water partition coefficient (Wildman–Crippen LogP) is 1.27. The zero-order valence-electron chi connectivity index (χ0n) is 9.91. The van der Waals surface area contributed by atoms with E-state index in [4.69, 9.17) is 16.3 Å². The average Bonchev–Trinajstić information content (AvgIpc) is 2.20. The molecule has 1 fully saturated rings. The van der Waals surface area contributed by atoms with Crippen molar-refractivity contribution in [3.8, 4) is 0 Å². The van der Waals surface area contributed by atoms with E-state index in [1.54, 1.807) is 0 Å². The Morgan fingerprint density at radius 2 is 1.60 bits per heavy atom. The minimum atomic E-state index is 0.350. The minimum absolute atomic E-state index is 0.350. The van der Waals surface area contributed by atoms with Crippen LogP contribution in [0.5, 0.6) is 0 Å². The molecule has 0 aromatic heterocycles. The molecule has 0 aliphatic carbocycles. The van der Waals surface area contributed by atoms with Gasteiger partial charge in [0.1, 0.15) is 0 Å². The van der Waals surface area contributed by atoms with Gasteiger partial charge in [-0.3, -0.25) is 9.80 Å². The van der Waals surface area contributed by atoms with Crippen molar-refractivity contribution < 1.29 is 4.74 Å². The zero-order valence-corrected chi connectivity index (χ0v) is 10.7. The number of rotatable bonds is 6. The van der Waals surface area contributed by atoms with Gasteiger partial charge in [0.2, 0.25) is 0 Å². The maximum absolute atomic E-state index is 5.71. The second kappa shape index (κ2) is 7.44. The third-order valence-electron chi connectivity index (χ3n) is 2.72. The van der Waals surface area contributed by atoms with E-state index < -0.39 is 0 Å². The van der Waals surface area contributed by atoms with Gasteiger partial charge in [-0.2, -0.15) is 0 Å². The van der Waals surface area contributed by atoms with Crippen LogP contribution in [0.25, 0.3) is 0 Å². The number of hydrogen-bond acceptors (Lipinski definition) is 3. The lowest BCUT2D eigenvalue weighted by Gasteiger charge is -2.34. The first-order valence-corrected chi connectivity index (χ1v) is 6.38. The summed E-state index contributed by atoms with van der Waals surface area (Å²) in [7, 11) is 0. The molecule has 0 amide bonds. The number of nitrogens with zero attached hydrogens (tertiary/aromatic N) is 2. The summed E-state index contributed by atoms with van der Waals surface area (Å²) in [5.74, 6) is 0.746. The molecule has 3 nitrogen and oxygen atoms in total. The second-order valence-electron chi connectivity index (χ2n) is 4.29. The van der Waals surface area contributed by atoms with Gasteiger partial charge in [0.15, 0.2) is 0 Å². The van der Waals surface area contributed by atoms with Crippen LogP contribution in [0.1, 0.15) is 13.8 Å². The van der Waals surface area contributed by atoms with E-state index in [0.717, 1.165) is 51.8 Å². The standard InChI is InChI=1S/C11H23ClN2O/c1-11(2)15-10-9-14-7-5-13(4-3-12)6-8-14/h11H,3-10H2,1-2H3. The fraction of sp³-hybridized carbons (Fsp3) is 1.00. The molecule has 0 aromatic rings. The van der Waals surface area contributed by atoms with Gasteiger partial charge >= 0.3 is 0 Å². The number of ether oxygens (including phenoxy) is 1. The lowest BCUT2D eigenvalue weighted by atomic mass is 10.3. The molecule has 1 aliphatic heterocycles. The van der Waals surface area contributed by atoms with Crippen molar-refractivity contribution in [2.24, 2.45) is 0 Å². The van der Waals surface area contributed by atoms with E-state index in [1.807, 2.05) is 0 Å². The van der Waals surface area contributed by atoms with Gasteiger partial charge in [0, 0.05) is 45.1 Å². The van der Waals surface area contributed by atoms with Crippen LogP contribution in [0.3, 0.4) is 0 Å². The third kappa shape index (κ3) is 5.71. The van der Waals surface area contributed by atoms with Crippen molar-refractivity contribution in [2.45, 2.75) is 20.0 Å². The number of piperazine rings is 1. The summed E-state index contributed by atoms with van der Waals surface area (Å²) in [5.41, 5.74) is 0. The van der Waals surface area contributed by atoms with E-state index in [9.17, 15) is 0 Å². The first-order chi connectivity index (χ1) is 7.22. The molecule has 90 valence electrons. The maximum Gasteiger partial charge on any atom is 0.0596 e. The van der Waals surface area contributed by atoms with Crippen LogP contribution >= 0.6 is 11.6 Å². The molecule has 0 radical (unpaired) electrons. The van der Waals surface area contributed by atoms with Crippen molar-refractivity contribution >= 4 is 11.6 Å². The van der Waals surface area contributed by atoms with Crippen LogP contribution in [-0.4, -0.2) is 67.7 Å². The van der Waals surface area contributed by atoms with Crippen molar-refractivity contribution in [1.82, 2.24) is 9.80 Å². The highest BCUT2D eigenvalue weighted by Gasteiger charge is 2.15. The van der Waals surface area contributed by atoms with Crippen LogP contribution in [-0.2, 0) is 4.74 Å². The lowest BCUT2D eigenvalue weighted by molar-refractivity contribution is 0.0456. The quantitative estimate of drug-likeness (QED) is 0.644. The fourth-order valence-corrected chi connectivity index (χ4v) is 2.01. The molecule has 0 atom stereocenters. The van der Waals surface area contributed by atoms with Crippen LogP contribution < -0.4 is 0 Å². The molecule has 1 heterocycles. The first kappa shape index (κ1) is 13.2. The Kier molecular flexibility index (Phi) is 6.57. The summed E-state index contributed by atoms with van der Waals surface area (Å²) in [6.45, 7) is 11.7. The predicted molar refractivity (Wildman–Crippen MR) is 64.7 cm³/mol. The van der Waals surface area contributed by atoms with Gasteiger partial charge in [-0.15, -0.1) is 11.6 Å². The smallest absolute Gasteiger partial charge is 0.0596 e. The Morgan fingerprint density at radius 1 is 1.07 bits per heavy atom. The Hall–Kier alpha value is 0.170. The van der Waals surface area contributed by atoms with E-state index in [0.29, 0.717) is 6.10 Å². The van der Waals surface area contributed by atoms with Gasteiger partial charge in [0.25, 0.3) is 0 Å². The van der Waals surface area contributed by atoms with E-state index in [1.165, 1.54) is 0 Å². The molecule has 0 N–H and O–H groups in total. The minimum Gasteiger partial charge on any atom is -0.377 e. The molecule has 1 aliphatic rings. The van der Waals surface area contributed by atoms with Gasteiger partial charge in [-0.25, -0.2) is 0 Å². The summed E-state index contributed by atoms with van der Waals surface area (Å²) in [4.78, 5) is 4.89. The van der Waals surface area contributed by atoms with Crippen molar-refractivity contribution in [2.75, 3.05) is 51.8 Å². The molecule has 0 unspecified atom stereocenters. The SMILES string of the molecule is CC(C)OCCN1CCN(CCCl)CC1. The van der Waals surface area contributed by atoms with Gasteiger partial charge in [-0.05, 0) is 13.8 Å². The molecular formula is C11H23ClN2O. The van der Waals surface area contributed by atoms with Crippen molar-refractivity contribution in [3.63, 3.8) is 0 Å². The number of halogens is 1. The lowest BCUT2D eigenvalue weighted by Crippen LogP contribution is -2.47. The fourth-order valence-electron chi connectivity index (χ4n) is 1.77. The molecule has 0 spiro atoms. The molecule has 0 bridgehead atoms. The summed E-state index contributed by atoms with van der Waals surface area (Å²) < 4.78 is 5.54. The van der Waals surface area contributed by atoms with E-state index >= 15 is 0 Å². The van der Waals surface area contributed by atoms with Gasteiger partial charge in [-0.1, -0.05) is 0 Å². The summed E-state index contributed by atoms with van der Waals surface area (Å²) >= 11 is 5.71. The van der Waals surface area contributed by atoms with Gasteiger partial charge < -0.3 is 4.74 Å². The van der Waals surface area contributed by atoms with E-state index in [-0.39, 0.29) is 0 Å². The Bertz CT molecular complexity index is 159. The van der Waals surface area contributed by atoms with Crippen LogP contribution in [0, 0.1) is 0 Å². The summed E-state index contributed by atoms with van der Waals surface area (Å²) in [5, 5.41) is 0. The average molecular weight is 235 g/mol. The zero-order chi connectivity index (χ0) is 11.1. The normalized spacial score (nSPS) is 20.0. The summed E-state index contributed by atoms with van der Waals surface area (Å²) in [6.07, 6.45) is 0.350. The molecule has 0 saturated carbocycles. The van der Waals surface area contributed by atoms with Crippen molar-refractivity contribution in [3.05, 3.63) is 0 Å². The highest BCUT2D eigenvalue weighted by atomic mass is 35.5. The van der Waals surface area contributed by atoms with Gasteiger partial charge in [0.05, 0.1) is 12.7 Å². The maximum atomic E-state index is 5.71.